The Hall–Kier alpha value is -0.300. The topological polar surface area (TPSA) is 20.2 Å². The van der Waals surface area contributed by atoms with Crippen molar-refractivity contribution in [1.82, 2.24) is 0 Å². The third-order valence-corrected chi connectivity index (χ3v) is 1.72. The zero-order valence-corrected chi connectivity index (χ0v) is 6.84. The van der Waals surface area contributed by atoms with Crippen molar-refractivity contribution in [3.63, 3.8) is 0 Å². The van der Waals surface area contributed by atoms with Crippen LogP contribution in [0.2, 0.25) is 0 Å². The first-order valence-electron chi connectivity index (χ1n) is 4.06. The van der Waals surface area contributed by atoms with Crippen molar-refractivity contribution in [2.45, 2.75) is 32.6 Å². The van der Waals surface area contributed by atoms with Gasteiger partial charge in [0.2, 0.25) is 0 Å². The Kier molecular flexibility index (Phi) is 6.61. The molecule has 0 aromatic rings. The highest BCUT2D eigenvalue weighted by atomic mass is 16.3. The van der Waals surface area contributed by atoms with Gasteiger partial charge < -0.3 is 5.11 Å². The molecular weight excluding hydrogens is 124 g/mol. The average Bonchev–Trinajstić information content (AvgIpc) is 1.98. The van der Waals surface area contributed by atoms with Crippen molar-refractivity contribution in [3.8, 4) is 0 Å². The molecule has 0 spiro atoms. The fourth-order valence-corrected chi connectivity index (χ4v) is 1.01. The van der Waals surface area contributed by atoms with E-state index >= 15 is 0 Å². The maximum absolute atomic E-state index is 8.84. The third kappa shape index (κ3) is 4.57. The zero-order valence-electron chi connectivity index (χ0n) is 6.84. The molecule has 1 atom stereocenters. The Morgan fingerprint density at radius 1 is 1.60 bits per heavy atom. The van der Waals surface area contributed by atoms with E-state index in [0.717, 1.165) is 12.8 Å². The van der Waals surface area contributed by atoms with E-state index in [1.807, 2.05) is 6.08 Å². The highest BCUT2D eigenvalue weighted by Crippen LogP contribution is 2.11. The van der Waals surface area contributed by atoms with Crippen molar-refractivity contribution in [2.75, 3.05) is 6.61 Å². The van der Waals surface area contributed by atoms with Crippen molar-refractivity contribution in [1.29, 1.82) is 0 Å². The molecule has 60 valence electrons. The molecule has 0 amide bonds. The van der Waals surface area contributed by atoms with Crippen LogP contribution in [0.4, 0.5) is 0 Å². The number of aliphatic hydroxyl groups is 1. The second-order valence-corrected chi connectivity index (χ2v) is 2.72. The second-order valence-electron chi connectivity index (χ2n) is 2.72. The molecule has 0 saturated heterocycles. The highest BCUT2D eigenvalue weighted by Gasteiger charge is 2.02. The molecule has 0 aliphatic heterocycles. The lowest BCUT2D eigenvalue weighted by Crippen LogP contribution is -2.03. The fraction of sp³-hybridized carbons (Fsp3) is 0.778. The van der Waals surface area contributed by atoms with E-state index in [0.29, 0.717) is 12.5 Å². The van der Waals surface area contributed by atoms with E-state index in [9.17, 15) is 0 Å². The average molecular weight is 142 g/mol. The van der Waals surface area contributed by atoms with Crippen LogP contribution < -0.4 is 0 Å². The van der Waals surface area contributed by atoms with Crippen LogP contribution >= 0.6 is 0 Å². The van der Waals surface area contributed by atoms with Gasteiger partial charge in [0.15, 0.2) is 0 Å². The molecule has 0 radical (unpaired) electrons. The van der Waals surface area contributed by atoms with Crippen LogP contribution in [-0.2, 0) is 0 Å². The summed E-state index contributed by atoms with van der Waals surface area (Å²) in [6, 6.07) is 0. The van der Waals surface area contributed by atoms with E-state index in [4.69, 9.17) is 5.11 Å². The summed E-state index contributed by atoms with van der Waals surface area (Å²) in [6.45, 7) is 6.13. The van der Waals surface area contributed by atoms with Gasteiger partial charge in [-0.25, -0.2) is 0 Å². The molecule has 10 heavy (non-hydrogen) atoms. The maximum atomic E-state index is 8.84. The van der Waals surface area contributed by atoms with Crippen molar-refractivity contribution in [2.24, 2.45) is 5.92 Å². The molecule has 0 saturated carbocycles. The molecule has 0 unspecified atom stereocenters. The van der Waals surface area contributed by atoms with Crippen molar-refractivity contribution in [3.05, 3.63) is 12.7 Å². The normalized spacial score (nSPS) is 13.0. The SMILES string of the molecule is C=CC[C@@H](CO)CCCC. The van der Waals surface area contributed by atoms with E-state index in [2.05, 4.69) is 13.5 Å². The minimum Gasteiger partial charge on any atom is -0.396 e. The molecule has 0 heterocycles. The van der Waals surface area contributed by atoms with Crippen LogP contribution in [0.5, 0.6) is 0 Å². The first kappa shape index (κ1) is 9.70. The smallest absolute Gasteiger partial charge is 0.0462 e. The summed E-state index contributed by atoms with van der Waals surface area (Å²) < 4.78 is 0. The molecule has 0 aromatic carbocycles. The predicted octanol–water partition coefficient (Wildman–Crippen LogP) is 2.36. The molecule has 0 fully saturated rings. The number of unbranched alkanes of at least 4 members (excludes halogenated alkanes) is 1. The monoisotopic (exact) mass is 142 g/mol. The molecule has 0 aliphatic carbocycles. The molecule has 0 rings (SSSR count). The molecule has 0 bridgehead atoms. The number of hydrogen-bond acceptors (Lipinski definition) is 1. The number of hydrogen-bond donors (Lipinski definition) is 1. The maximum Gasteiger partial charge on any atom is 0.0462 e. The van der Waals surface area contributed by atoms with Crippen LogP contribution in [-0.4, -0.2) is 11.7 Å². The van der Waals surface area contributed by atoms with Gasteiger partial charge in [0, 0.05) is 6.61 Å². The van der Waals surface area contributed by atoms with Crippen LogP contribution in [0.25, 0.3) is 0 Å². The summed E-state index contributed by atoms with van der Waals surface area (Å²) in [5.41, 5.74) is 0. The predicted molar refractivity (Wildman–Crippen MR) is 44.9 cm³/mol. The Bertz CT molecular complexity index is 78.8. The summed E-state index contributed by atoms with van der Waals surface area (Å²) in [5, 5.41) is 8.84. The van der Waals surface area contributed by atoms with Crippen molar-refractivity contribution >= 4 is 0 Å². The summed E-state index contributed by atoms with van der Waals surface area (Å²) in [6.07, 6.45) is 6.42. The number of allylic oxidation sites excluding steroid dienone is 1. The Balaban J connectivity index is 3.29. The van der Waals surface area contributed by atoms with Gasteiger partial charge in [0.1, 0.15) is 0 Å². The largest absolute Gasteiger partial charge is 0.396 e. The van der Waals surface area contributed by atoms with E-state index in [-0.39, 0.29) is 0 Å². The van der Waals surface area contributed by atoms with Gasteiger partial charge in [-0.2, -0.15) is 0 Å². The third-order valence-electron chi connectivity index (χ3n) is 1.72. The van der Waals surface area contributed by atoms with Gasteiger partial charge in [0.25, 0.3) is 0 Å². The Labute approximate surface area is 63.8 Å². The van der Waals surface area contributed by atoms with Crippen LogP contribution in [0.1, 0.15) is 32.6 Å². The summed E-state index contributed by atoms with van der Waals surface area (Å²) >= 11 is 0. The minimum absolute atomic E-state index is 0.312. The lowest BCUT2D eigenvalue weighted by atomic mass is 10.00. The molecule has 1 nitrogen and oxygen atoms in total. The first-order valence-corrected chi connectivity index (χ1v) is 4.06. The molecule has 0 aliphatic rings. The van der Waals surface area contributed by atoms with E-state index in [1.54, 1.807) is 0 Å². The lowest BCUT2D eigenvalue weighted by Gasteiger charge is -2.09. The number of rotatable bonds is 6. The van der Waals surface area contributed by atoms with Gasteiger partial charge in [-0.3, -0.25) is 0 Å². The second kappa shape index (κ2) is 6.81. The molecule has 1 N–H and O–H groups in total. The molecule has 0 aromatic heterocycles. The summed E-state index contributed by atoms with van der Waals surface area (Å²) in [5.74, 6) is 0.456. The zero-order chi connectivity index (χ0) is 7.82. The van der Waals surface area contributed by atoms with Gasteiger partial charge in [-0.05, 0) is 18.8 Å². The highest BCUT2D eigenvalue weighted by molar-refractivity contribution is 4.72. The standard InChI is InChI=1S/C9H18O/c1-3-5-7-9(8-10)6-4-2/h4,9-10H,2-3,5-8H2,1H3/t9-/m1/s1. The lowest BCUT2D eigenvalue weighted by molar-refractivity contribution is 0.217. The van der Waals surface area contributed by atoms with Crippen molar-refractivity contribution < 1.29 is 5.11 Å². The Morgan fingerprint density at radius 3 is 2.70 bits per heavy atom. The molecule has 1 heteroatoms. The van der Waals surface area contributed by atoms with Gasteiger partial charge in [-0.15, -0.1) is 6.58 Å². The quantitative estimate of drug-likeness (QED) is 0.564. The van der Waals surface area contributed by atoms with Gasteiger partial charge in [0.05, 0.1) is 0 Å². The van der Waals surface area contributed by atoms with Crippen LogP contribution in [0.15, 0.2) is 12.7 Å². The van der Waals surface area contributed by atoms with E-state index < -0.39 is 0 Å². The van der Waals surface area contributed by atoms with E-state index in [1.165, 1.54) is 12.8 Å². The molecular formula is C9H18O. The van der Waals surface area contributed by atoms with Gasteiger partial charge >= 0.3 is 0 Å². The Morgan fingerprint density at radius 2 is 2.30 bits per heavy atom. The summed E-state index contributed by atoms with van der Waals surface area (Å²) in [4.78, 5) is 0. The fourth-order valence-electron chi connectivity index (χ4n) is 1.01. The summed E-state index contributed by atoms with van der Waals surface area (Å²) in [7, 11) is 0. The number of aliphatic hydroxyl groups excluding tert-OH is 1. The van der Waals surface area contributed by atoms with Crippen LogP contribution in [0, 0.1) is 5.92 Å². The first-order chi connectivity index (χ1) is 4.85. The van der Waals surface area contributed by atoms with Gasteiger partial charge in [-0.1, -0.05) is 25.8 Å². The van der Waals surface area contributed by atoms with Crippen LogP contribution in [0.3, 0.4) is 0 Å². The minimum atomic E-state index is 0.312.